The molecule has 37 heavy (non-hydrogen) atoms. The van der Waals surface area contributed by atoms with Crippen molar-refractivity contribution in [3.63, 3.8) is 0 Å². The molecule has 0 aliphatic heterocycles. The molecule has 4 nitrogen and oxygen atoms in total. The Hall–Kier alpha value is -3.50. The molecule has 0 spiro atoms. The van der Waals surface area contributed by atoms with Crippen LogP contribution in [-0.4, -0.2) is 16.5 Å². The Bertz CT molecular complexity index is 1330. The van der Waals surface area contributed by atoms with Crippen LogP contribution in [0, 0.1) is 6.92 Å². The summed E-state index contributed by atoms with van der Waals surface area (Å²) >= 11 is 0. The summed E-state index contributed by atoms with van der Waals surface area (Å²) in [5, 5.41) is 3.82. The minimum atomic E-state index is 0.396. The number of para-hydroxylation sites is 1. The molecular weight excluding hydrogens is 454 g/mol. The van der Waals surface area contributed by atoms with E-state index in [-0.39, 0.29) is 0 Å². The Morgan fingerprint density at radius 2 is 1.59 bits per heavy atom. The number of hydrogen-bond acceptors (Lipinski definition) is 4. The first-order valence-electron chi connectivity index (χ1n) is 13.7. The summed E-state index contributed by atoms with van der Waals surface area (Å²) in [4.78, 5) is 10.1. The van der Waals surface area contributed by atoms with Crippen molar-refractivity contribution < 1.29 is 4.74 Å². The topological polar surface area (TPSA) is 47.0 Å². The summed E-state index contributed by atoms with van der Waals surface area (Å²) in [5.41, 5.74) is 8.66. The lowest BCUT2D eigenvalue weighted by Gasteiger charge is -2.26. The molecule has 4 heteroatoms. The quantitative estimate of drug-likeness (QED) is 0.262. The maximum atomic E-state index is 6.42. The van der Waals surface area contributed by atoms with Crippen LogP contribution in [0.5, 0.6) is 11.6 Å². The highest BCUT2D eigenvalue weighted by atomic mass is 16.5. The summed E-state index contributed by atoms with van der Waals surface area (Å²) in [6.45, 7) is 7.32. The van der Waals surface area contributed by atoms with E-state index in [9.17, 15) is 0 Å². The molecule has 1 atom stereocenters. The van der Waals surface area contributed by atoms with Gasteiger partial charge in [0.05, 0.1) is 0 Å². The number of nitrogens with one attached hydrogen (secondary N) is 1. The second-order valence-electron chi connectivity index (χ2n) is 9.84. The molecule has 1 aliphatic carbocycles. The van der Waals surface area contributed by atoms with Crippen LogP contribution in [0.4, 0.5) is 0 Å². The minimum absolute atomic E-state index is 0.396. The van der Waals surface area contributed by atoms with E-state index < -0.39 is 0 Å². The zero-order chi connectivity index (χ0) is 25.6. The summed E-state index contributed by atoms with van der Waals surface area (Å²) < 4.78 is 6.42. The van der Waals surface area contributed by atoms with Gasteiger partial charge >= 0.3 is 0 Å². The Kier molecular flexibility index (Phi) is 7.96. The summed E-state index contributed by atoms with van der Waals surface area (Å²) in [6.07, 6.45) is 6.26. The molecule has 0 saturated carbocycles. The second-order valence-corrected chi connectivity index (χ2v) is 9.84. The molecule has 5 rings (SSSR count). The van der Waals surface area contributed by atoms with Gasteiger partial charge in [-0.25, -0.2) is 4.98 Å². The van der Waals surface area contributed by atoms with Crippen LogP contribution in [0.25, 0.3) is 11.4 Å². The van der Waals surface area contributed by atoms with Crippen molar-refractivity contribution in [1.29, 1.82) is 0 Å². The van der Waals surface area contributed by atoms with Gasteiger partial charge in [0.25, 0.3) is 0 Å². The molecule has 3 aromatic carbocycles. The maximum absolute atomic E-state index is 6.42. The molecule has 0 bridgehead atoms. The van der Waals surface area contributed by atoms with Gasteiger partial charge in [-0.15, -0.1) is 0 Å². The van der Waals surface area contributed by atoms with Crippen LogP contribution in [0.2, 0.25) is 0 Å². The van der Waals surface area contributed by atoms with Gasteiger partial charge in [-0.05, 0) is 79.8 Å². The average Bonchev–Trinajstić information content (AvgIpc) is 2.94. The van der Waals surface area contributed by atoms with Crippen molar-refractivity contribution in [3.05, 3.63) is 106 Å². The highest BCUT2D eigenvalue weighted by molar-refractivity contribution is 5.66. The third-order valence-corrected chi connectivity index (χ3v) is 7.49. The lowest BCUT2D eigenvalue weighted by atomic mass is 9.87. The number of rotatable bonds is 9. The van der Waals surface area contributed by atoms with E-state index >= 15 is 0 Å². The van der Waals surface area contributed by atoms with Gasteiger partial charge in [-0.1, -0.05) is 74.5 Å². The molecule has 1 aliphatic rings. The zero-order valence-corrected chi connectivity index (χ0v) is 22.3. The molecular formula is C33H37N3O. The van der Waals surface area contributed by atoms with Gasteiger partial charge in [-0.3, -0.25) is 0 Å². The van der Waals surface area contributed by atoms with Crippen molar-refractivity contribution in [1.82, 2.24) is 15.3 Å². The predicted molar refractivity (Wildman–Crippen MR) is 151 cm³/mol. The SMILES string of the molecule is CCc1cccc(CC)c1-c1nc(C)c(CCN[C@H]2CCCc3ccccc32)c(Oc2ccccc2)n1. The van der Waals surface area contributed by atoms with Gasteiger partial charge in [0.15, 0.2) is 5.82 Å². The number of benzene rings is 3. The molecule has 4 aromatic rings. The first-order valence-corrected chi connectivity index (χ1v) is 13.7. The average molecular weight is 492 g/mol. The van der Waals surface area contributed by atoms with E-state index in [4.69, 9.17) is 14.7 Å². The van der Waals surface area contributed by atoms with Gasteiger partial charge in [0.2, 0.25) is 5.88 Å². The van der Waals surface area contributed by atoms with Crippen LogP contribution in [0.1, 0.15) is 66.2 Å². The fraction of sp³-hybridized carbons (Fsp3) is 0.333. The number of ether oxygens (including phenoxy) is 1. The number of hydrogen-bond donors (Lipinski definition) is 1. The molecule has 0 unspecified atom stereocenters. The largest absolute Gasteiger partial charge is 0.439 e. The van der Waals surface area contributed by atoms with E-state index in [0.717, 1.165) is 54.2 Å². The Morgan fingerprint density at radius 3 is 2.35 bits per heavy atom. The normalized spacial score (nSPS) is 14.8. The van der Waals surface area contributed by atoms with Crippen molar-refractivity contribution in [2.45, 2.75) is 65.3 Å². The van der Waals surface area contributed by atoms with E-state index in [1.54, 1.807) is 0 Å². The van der Waals surface area contributed by atoms with Gasteiger partial charge in [-0.2, -0.15) is 4.98 Å². The highest BCUT2D eigenvalue weighted by Gasteiger charge is 2.21. The fourth-order valence-corrected chi connectivity index (χ4v) is 5.52. The summed E-state index contributed by atoms with van der Waals surface area (Å²) in [6, 6.07) is 25.7. The molecule has 0 fully saturated rings. The predicted octanol–water partition coefficient (Wildman–Crippen LogP) is 7.58. The van der Waals surface area contributed by atoms with E-state index in [0.29, 0.717) is 11.9 Å². The third-order valence-electron chi connectivity index (χ3n) is 7.49. The van der Waals surface area contributed by atoms with Crippen molar-refractivity contribution in [3.8, 4) is 23.0 Å². The Morgan fingerprint density at radius 1 is 0.865 bits per heavy atom. The van der Waals surface area contributed by atoms with Crippen LogP contribution < -0.4 is 10.1 Å². The van der Waals surface area contributed by atoms with Crippen molar-refractivity contribution in [2.24, 2.45) is 0 Å². The summed E-state index contributed by atoms with van der Waals surface area (Å²) in [5.74, 6) is 2.21. The lowest BCUT2D eigenvalue weighted by Crippen LogP contribution is -2.27. The minimum Gasteiger partial charge on any atom is -0.439 e. The van der Waals surface area contributed by atoms with E-state index in [2.05, 4.69) is 68.6 Å². The van der Waals surface area contributed by atoms with Crippen LogP contribution in [-0.2, 0) is 25.7 Å². The fourth-order valence-electron chi connectivity index (χ4n) is 5.52. The van der Waals surface area contributed by atoms with Crippen LogP contribution in [0.15, 0.2) is 72.8 Å². The van der Waals surface area contributed by atoms with Crippen molar-refractivity contribution in [2.75, 3.05) is 6.54 Å². The van der Waals surface area contributed by atoms with Gasteiger partial charge < -0.3 is 10.1 Å². The molecule has 0 radical (unpaired) electrons. The number of aryl methyl sites for hydroxylation is 4. The maximum Gasteiger partial charge on any atom is 0.226 e. The van der Waals surface area contributed by atoms with E-state index in [1.807, 2.05) is 30.3 Å². The van der Waals surface area contributed by atoms with E-state index in [1.165, 1.54) is 41.5 Å². The van der Waals surface area contributed by atoms with Crippen LogP contribution in [0.3, 0.4) is 0 Å². The number of aromatic nitrogens is 2. The van der Waals surface area contributed by atoms with Gasteiger partial charge in [0.1, 0.15) is 5.75 Å². The molecule has 0 saturated heterocycles. The van der Waals surface area contributed by atoms with Gasteiger partial charge in [0, 0.05) is 29.4 Å². The molecule has 190 valence electrons. The second kappa shape index (κ2) is 11.7. The Balaban J connectivity index is 1.46. The van der Waals surface area contributed by atoms with Crippen molar-refractivity contribution >= 4 is 0 Å². The first-order chi connectivity index (χ1) is 18.2. The third kappa shape index (κ3) is 5.60. The van der Waals surface area contributed by atoms with Crippen LogP contribution >= 0.6 is 0 Å². The molecule has 1 heterocycles. The number of fused-ring (bicyclic) bond motifs is 1. The highest BCUT2D eigenvalue weighted by Crippen LogP contribution is 2.33. The smallest absolute Gasteiger partial charge is 0.226 e. The number of nitrogens with zero attached hydrogens (tertiary/aromatic N) is 2. The zero-order valence-electron chi connectivity index (χ0n) is 22.3. The monoisotopic (exact) mass is 491 g/mol. The molecule has 1 N–H and O–H groups in total. The molecule has 0 amide bonds. The molecule has 1 aromatic heterocycles. The first kappa shape index (κ1) is 25.2. The lowest BCUT2D eigenvalue weighted by molar-refractivity contribution is 0.442. The summed E-state index contributed by atoms with van der Waals surface area (Å²) in [7, 11) is 0. The standard InChI is InChI=1S/C33H37N3O/c1-4-24-14-11-15-25(5-2)31(24)32-35-23(3)28(33(36-32)37-27-17-7-6-8-18-27)21-22-34-30-20-12-16-26-13-9-10-19-29(26)30/h6-11,13-15,17-19,30,34H,4-5,12,16,20-22H2,1-3H3/t30-/m0/s1. The Labute approximate surface area is 221 Å².